The average molecular weight is 376 g/mol. The fourth-order valence-corrected chi connectivity index (χ4v) is 2.35. The molecule has 2 aromatic rings. The lowest BCUT2D eigenvalue weighted by atomic mass is 10.1. The SMILES string of the molecule is CC(C)COc1ccc(NC(=O)c2ccc(CNC(N)=O)cc2)cc1Cl. The highest BCUT2D eigenvalue weighted by Gasteiger charge is 2.09. The van der Waals surface area contributed by atoms with Crippen LogP contribution in [0.4, 0.5) is 10.5 Å². The van der Waals surface area contributed by atoms with Gasteiger partial charge in [0.25, 0.3) is 5.91 Å². The first-order valence-corrected chi connectivity index (χ1v) is 8.59. The van der Waals surface area contributed by atoms with Crippen LogP contribution in [0.1, 0.15) is 29.8 Å². The third kappa shape index (κ3) is 5.97. The molecule has 0 unspecified atom stereocenters. The first-order valence-electron chi connectivity index (χ1n) is 8.21. The number of hydrogen-bond acceptors (Lipinski definition) is 3. The van der Waals surface area contributed by atoms with Gasteiger partial charge in [-0.2, -0.15) is 0 Å². The van der Waals surface area contributed by atoms with E-state index in [1.165, 1.54) is 0 Å². The number of ether oxygens (including phenoxy) is 1. The molecule has 0 aliphatic carbocycles. The molecule has 2 rings (SSSR count). The van der Waals surface area contributed by atoms with E-state index in [0.29, 0.717) is 41.1 Å². The highest BCUT2D eigenvalue weighted by atomic mass is 35.5. The molecule has 0 atom stereocenters. The molecule has 3 amide bonds. The zero-order valence-electron chi connectivity index (χ0n) is 14.7. The Bertz CT molecular complexity index is 776. The number of halogens is 1. The molecule has 0 aromatic heterocycles. The fraction of sp³-hybridized carbons (Fsp3) is 0.263. The lowest BCUT2D eigenvalue weighted by Gasteiger charge is -2.12. The molecule has 138 valence electrons. The van der Waals surface area contributed by atoms with Crippen molar-refractivity contribution in [1.29, 1.82) is 0 Å². The summed E-state index contributed by atoms with van der Waals surface area (Å²) in [7, 11) is 0. The maximum absolute atomic E-state index is 12.3. The van der Waals surface area contributed by atoms with E-state index in [4.69, 9.17) is 22.1 Å². The molecule has 0 aliphatic rings. The molecular formula is C19H22ClN3O3. The van der Waals surface area contributed by atoms with Crippen LogP contribution in [0.5, 0.6) is 5.75 Å². The van der Waals surface area contributed by atoms with Gasteiger partial charge >= 0.3 is 6.03 Å². The van der Waals surface area contributed by atoms with Crippen LogP contribution in [-0.4, -0.2) is 18.5 Å². The third-order valence-electron chi connectivity index (χ3n) is 3.44. The number of amides is 3. The van der Waals surface area contributed by atoms with Crippen molar-refractivity contribution in [1.82, 2.24) is 5.32 Å². The zero-order chi connectivity index (χ0) is 19.1. The molecular weight excluding hydrogens is 354 g/mol. The van der Waals surface area contributed by atoms with Crippen LogP contribution in [0.15, 0.2) is 42.5 Å². The van der Waals surface area contributed by atoms with Gasteiger partial charge in [0.05, 0.1) is 11.6 Å². The summed E-state index contributed by atoms with van der Waals surface area (Å²) >= 11 is 6.20. The van der Waals surface area contributed by atoms with Crippen LogP contribution in [0.3, 0.4) is 0 Å². The zero-order valence-corrected chi connectivity index (χ0v) is 15.5. The predicted octanol–water partition coefficient (Wildman–Crippen LogP) is 3.80. The van der Waals surface area contributed by atoms with Crippen molar-refractivity contribution in [3.8, 4) is 5.75 Å². The Morgan fingerprint density at radius 3 is 2.42 bits per heavy atom. The van der Waals surface area contributed by atoms with Crippen LogP contribution in [0.25, 0.3) is 0 Å². The van der Waals surface area contributed by atoms with Crippen LogP contribution >= 0.6 is 11.6 Å². The molecule has 0 saturated heterocycles. The first-order chi connectivity index (χ1) is 12.3. The van der Waals surface area contributed by atoms with Gasteiger partial charge in [0.15, 0.2) is 0 Å². The number of urea groups is 1. The molecule has 4 N–H and O–H groups in total. The van der Waals surface area contributed by atoms with Gasteiger partial charge in [0, 0.05) is 17.8 Å². The Morgan fingerprint density at radius 2 is 1.85 bits per heavy atom. The number of nitrogens with two attached hydrogens (primary N) is 1. The van der Waals surface area contributed by atoms with Crippen LogP contribution in [-0.2, 0) is 6.54 Å². The molecule has 0 saturated carbocycles. The molecule has 0 bridgehead atoms. The topological polar surface area (TPSA) is 93.4 Å². The van der Waals surface area contributed by atoms with Crippen molar-refractivity contribution in [2.45, 2.75) is 20.4 Å². The number of nitrogens with one attached hydrogen (secondary N) is 2. The second-order valence-electron chi connectivity index (χ2n) is 6.22. The highest BCUT2D eigenvalue weighted by molar-refractivity contribution is 6.32. The number of carbonyl (C=O) groups excluding carboxylic acids is 2. The maximum Gasteiger partial charge on any atom is 0.312 e. The minimum Gasteiger partial charge on any atom is -0.492 e. The first kappa shape index (κ1) is 19.6. The van der Waals surface area contributed by atoms with E-state index in [2.05, 4.69) is 24.5 Å². The number of benzene rings is 2. The van der Waals surface area contributed by atoms with Crippen LogP contribution in [0, 0.1) is 5.92 Å². The van der Waals surface area contributed by atoms with Gasteiger partial charge in [0.1, 0.15) is 5.75 Å². The number of hydrogen-bond donors (Lipinski definition) is 3. The van der Waals surface area contributed by atoms with E-state index in [0.717, 1.165) is 5.56 Å². The molecule has 0 radical (unpaired) electrons. The van der Waals surface area contributed by atoms with Crippen LogP contribution < -0.4 is 21.1 Å². The summed E-state index contributed by atoms with van der Waals surface area (Å²) in [6.45, 7) is 4.99. The summed E-state index contributed by atoms with van der Waals surface area (Å²) in [4.78, 5) is 23.0. The van der Waals surface area contributed by atoms with E-state index >= 15 is 0 Å². The lowest BCUT2D eigenvalue weighted by molar-refractivity contribution is 0.102. The van der Waals surface area contributed by atoms with Crippen molar-refractivity contribution in [3.05, 3.63) is 58.6 Å². The number of primary amides is 1. The molecule has 7 heteroatoms. The smallest absolute Gasteiger partial charge is 0.312 e. The van der Waals surface area contributed by atoms with Gasteiger partial charge in [-0.15, -0.1) is 0 Å². The Balaban J connectivity index is 1.98. The molecule has 0 spiro atoms. The van der Waals surface area contributed by atoms with Gasteiger partial charge in [-0.05, 0) is 41.8 Å². The third-order valence-corrected chi connectivity index (χ3v) is 3.74. The summed E-state index contributed by atoms with van der Waals surface area (Å²) in [5.74, 6) is 0.725. The van der Waals surface area contributed by atoms with Crippen molar-refractivity contribution in [2.24, 2.45) is 11.7 Å². The number of rotatable bonds is 7. The van der Waals surface area contributed by atoms with Gasteiger partial charge < -0.3 is 21.1 Å². The standard InChI is InChI=1S/C19H22ClN3O3/c1-12(2)11-26-17-8-7-15(9-16(17)20)23-18(24)14-5-3-13(4-6-14)10-22-19(21)25/h3-9,12H,10-11H2,1-2H3,(H,23,24)(H3,21,22,25). The quantitative estimate of drug-likeness (QED) is 0.687. The van der Waals surface area contributed by atoms with E-state index in [-0.39, 0.29) is 5.91 Å². The average Bonchev–Trinajstić information content (AvgIpc) is 2.59. The molecule has 2 aromatic carbocycles. The minimum absolute atomic E-state index is 0.258. The van der Waals surface area contributed by atoms with E-state index in [1.54, 1.807) is 42.5 Å². The van der Waals surface area contributed by atoms with E-state index in [1.807, 2.05) is 0 Å². The summed E-state index contributed by atoms with van der Waals surface area (Å²) in [6.07, 6.45) is 0. The Kier molecular flexibility index (Phi) is 6.86. The van der Waals surface area contributed by atoms with Gasteiger partial charge in [-0.25, -0.2) is 4.79 Å². The fourth-order valence-electron chi connectivity index (χ4n) is 2.12. The molecule has 26 heavy (non-hydrogen) atoms. The van der Waals surface area contributed by atoms with Gasteiger partial charge in [-0.3, -0.25) is 4.79 Å². The summed E-state index contributed by atoms with van der Waals surface area (Å²) in [5.41, 5.74) is 6.94. The van der Waals surface area contributed by atoms with Crippen molar-refractivity contribution < 1.29 is 14.3 Å². The van der Waals surface area contributed by atoms with Crippen molar-refractivity contribution in [2.75, 3.05) is 11.9 Å². The summed E-state index contributed by atoms with van der Waals surface area (Å²) in [6, 6.07) is 11.4. The van der Waals surface area contributed by atoms with E-state index in [9.17, 15) is 9.59 Å². The lowest BCUT2D eigenvalue weighted by Crippen LogP contribution is -2.28. The largest absolute Gasteiger partial charge is 0.492 e. The highest BCUT2D eigenvalue weighted by Crippen LogP contribution is 2.28. The molecule has 0 heterocycles. The Hall–Kier alpha value is -2.73. The monoisotopic (exact) mass is 375 g/mol. The maximum atomic E-state index is 12.3. The number of anilines is 1. The molecule has 0 fully saturated rings. The second kappa shape index (κ2) is 9.10. The summed E-state index contributed by atoms with van der Waals surface area (Å²) in [5, 5.41) is 5.72. The number of carbonyl (C=O) groups is 2. The van der Waals surface area contributed by atoms with Crippen molar-refractivity contribution >= 4 is 29.2 Å². The van der Waals surface area contributed by atoms with Crippen LogP contribution in [0.2, 0.25) is 5.02 Å². The van der Waals surface area contributed by atoms with Gasteiger partial charge in [0.2, 0.25) is 0 Å². The molecule has 0 aliphatic heterocycles. The normalized spacial score (nSPS) is 10.5. The predicted molar refractivity (Wildman–Crippen MR) is 103 cm³/mol. The summed E-state index contributed by atoms with van der Waals surface area (Å²) < 4.78 is 5.61. The van der Waals surface area contributed by atoms with E-state index < -0.39 is 6.03 Å². The van der Waals surface area contributed by atoms with Crippen molar-refractivity contribution in [3.63, 3.8) is 0 Å². The minimum atomic E-state index is -0.593. The Morgan fingerprint density at radius 1 is 1.15 bits per heavy atom. The second-order valence-corrected chi connectivity index (χ2v) is 6.63. The molecule has 6 nitrogen and oxygen atoms in total. The van der Waals surface area contributed by atoms with Gasteiger partial charge in [-0.1, -0.05) is 37.6 Å². The Labute approximate surface area is 157 Å².